The fourth-order valence-corrected chi connectivity index (χ4v) is 2.80. The fourth-order valence-electron chi connectivity index (χ4n) is 2.80. The smallest absolute Gasteiger partial charge is 0.311 e. The van der Waals surface area contributed by atoms with Crippen LogP contribution in [0.2, 0.25) is 0 Å². The molecule has 0 saturated carbocycles. The van der Waals surface area contributed by atoms with Crippen LogP contribution in [0.15, 0.2) is 54.9 Å². The minimum absolute atomic E-state index is 0.0478. The van der Waals surface area contributed by atoms with Crippen molar-refractivity contribution in [1.82, 2.24) is 9.97 Å². The molecule has 0 aliphatic heterocycles. The van der Waals surface area contributed by atoms with Gasteiger partial charge in [-0.2, -0.15) is 0 Å². The molecule has 7 nitrogen and oxygen atoms in total. The average molecular weight is 365 g/mol. The van der Waals surface area contributed by atoms with E-state index >= 15 is 0 Å². The molecule has 0 unspecified atom stereocenters. The van der Waals surface area contributed by atoms with Gasteiger partial charge in [0.05, 0.1) is 24.3 Å². The molecule has 1 heterocycles. The van der Waals surface area contributed by atoms with Crippen LogP contribution in [-0.4, -0.2) is 28.6 Å². The molecule has 0 amide bonds. The second kappa shape index (κ2) is 8.27. The lowest BCUT2D eigenvalue weighted by Gasteiger charge is -2.09. The van der Waals surface area contributed by atoms with Gasteiger partial charge >= 0.3 is 5.69 Å². The molecule has 3 rings (SSSR count). The number of methoxy groups -OCH3 is 1. The third kappa shape index (κ3) is 4.20. The van der Waals surface area contributed by atoms with Crippen LogP contribution in [-0.2, 0) is 6.42 Å². The predicted octanol–water partition coefficient (Wildman–Crippen LogP) is 4.05. The largest absolute Gasteiger partial charge is 0.496 e. The Hall–Kier alpha value is -3.48. The van der Waals surface area contributed by atoms with E-state index in [1.165, 1.54) is 12.4 Å². The van der Waals surface area contributed by atoms with E-state index in [2.05, 4.69) is 9.97 Å². The van der Waals surface area contributed by atoms with Gasteiger partial charge < -0.3 is 9.47 Å². The van der Waals surface area contributed by atoms with E-state index < -0.39 is 4.92 Å². The highest BCUT2D eigenvalue weighted by Gasteiger charge is 2.16. The van der Waals surface area contributed by atoms with Gasteiger partial charge in [0.15, 0.2) is 5.75 Å². The van der Waals surface area contributed by atoms with Gasteiger partial charge in [0.25, 0.3) is 0 Å². The molecule has 0 radical (unpaired) electrons. The normalized spacial score (nSPS) is 10.4. The zero-order chi connectivity index (χ0) is 19.2. The van der Waals surface area contributed by atoms with Gasteiger partial charge in [0, 0.05) is 23.7 Å². The highest BCUT2D eigenvalue weighted by molar-refractivity contribution is 5.67. The number of hydrogen-bond donors (Lipinski definition) is 0. The van der Waals surface area contributed by atoms with Gasteiger partial charge in [-0.25, -0.2) is 9.97 Å². The molecule has 3 aromatic rings. The van der Waals surface area contributed by atoms with Crippen molar-refractivity contribution in [3.05, 3.63) is 76.2 Å². The van der Waals surface area contributed by atoms with Gasteiger partial charge in [-0.1, -0.05) is 18.2 Å². The van der Waals surface area contributed by atoms with Crippen molar-refractivity contribution in [2.45, 2.75) is 13.3 Å². The van der Waals surface area contributed by atoms with Gasteiger partial charge in [-0.3, -0.25) is 10.1 Å². The molecular formula is C20H19N3O4. The summed E-state index contributed by atoms with van der Waals surface area (Å²) in [6.45, 7) is 2.16. The summed E-state index contributed by atoms with van der Waals surface area (Å²) < 4.78 is 10.7. The predicted molar refractivity (Wildman–Crippen MR) is 101 cm³/mol. The summed E-state index contributed by atoms with van der Waals surface area (Å²) in [4.78, 5) is 19.5. The zero-order valence-electron chi connectivity index (χ0n) is 15.1. The lowest BCUT2D eigenvalue weighted by Crippen LogP contribution is -2.00. The minimum atomic E-state index is -0.436. The van der Waals surface area contributed by atoms with Crippen LogP contribution in [0.25, 0.3) is 11.3 Å². The summed E-state index contributed by atoms with van der Waals surface area (Å²) in [7, 11) is 1.61. The number of rotatable bonds is 7. The molecule has 0 bridgehead atoms. The van der Waals surface area contributed by atoms with E-state index in [1.807, 2.05) is 36.4 Å². The second-order valence-electron chi connectivity index (χ2n) is 5.76. The van der Waals surface area contributed by atoms with Crippen molar-refractivity contribution in [1.29, 1.82) is 0 Å². The van der Waals surface area contributed by atoms with E-state index in [9.17, 15) is 10.1 Å². The Morgan fingerprint density at radius 2 is 1.89 bits per heavy atom. The molecule has 27 heavy (non-hydrogen) atoms. The number of nitro groups is 1. The summed E-state index contributed by atoms with van der Waals surface area (Å²) in [6.07, 6.45) is 1.93. The first kappa shape index (κ1) is 18.3. The van der Waals surface area contributed by atoms with Gasteiger partial charge in [-0.15, -0.1) is 0 Å². The Balaban J connectivity index is 1.91. The van der Waals surface area contributed by atoms with Gasteiger partial charge in [-0.05, 0) is 36.8 Å². The van der Waals surface area contributed by atoms with Gasteiger partial charge in [0.2, 0.25) is 0 Å². The quantitative estimate of drug-likeness (QED) is 0.464. The Morgan fingerprint density at radius 3 is 2.63 bits per heavy atom. The van der Waals surface area contributed by atoms with Crippen molar-refractivity contribution >= 4 is 5.69 Å². The standard InChI is InChI=1S/C20H19N3O4/c1-3-27-20-9-8-14(11-18(20)23(24)25)10-15-12-17(22-13-21-15)16-6-4-5-7-19(16)26-2/h4-9,11-13H,3,10H2,1-2H3. The Bertz CT molecular complexity index is 959. The Labute approximate surface area is 156 Å². The van der Waals surface area contributed by atoms with Crippen LogP contribution >= 0.6 is 0 Å². The molecule has 0 aliphatic rings. The van der Waals surface area contributed by atoms with Crippen molar-refractivity contribution in [3.8, 4) is 22.8 Å². The average Bonchev–Trinajstić information content (AvgIpc) is 2.69. The highest BCUT2D eigenvalue weighted by atomic mass is 16.6. The molecule has 7 heteroatoms. The molecule has 0 aliphatic carbocycles. The van der Waals surface area contributed by atoms with Crippen LogP contribution in [0, 0.1) is 10.1 Å². The van der Waals surface area contributed by atoms with E-state index in [4.69, 9.17) is 9.47 Å². The SMILES string of the molecule is CCOc1ccc(Cc2cc(-c3ccccc3OC)ncn2)cc1[N+](=O)[O-]. The minimum Gasteiger partial charge on any atom is -0.496 e. The lowest BCUT2D eigenvalue weighted by atomic mass is 10.1. The Kier molecular flexibility index (Phi) is 5.61. The maximum atomic E-state index is 11.3. The molecule has 138 valence electrons. The lowest BCUT2D eigenvalue weighted by molar-refractivity contribution is -0.385. The first-order valence-corrected chi connectivity index (χ1v) is 8.46. The number of nitro benzene ring substituents is 1. The number of benzene rings is 2. The number of aromatic nitrogens is 2. The maximum Gasteiger partial charge on any atom is 0.311 e. The van der Waals surface area contributed by atoms with Crippen LogP contribution < -0.4 is 9.47 Å². The first-order valence-electron chi connectivity index (χ1n) is 8.46. The first-order chi connectivity index (χ1) is 13.1. The van der Waals surface area contributed by atoms with E-state index in [0.29, 0.717) is 13.0 Å². The summed E-state index contributed by atoms with van der Waals surface area (Å²) in [5.41, 5.74) is 3.08. The van der Waals surface area contributed by atoms with Crippen molar-refractivity contribution in [2.24, 2.45) is 0 Å². The summed E-state index contributed by atoms with van der Waals surface area (Å²) >= 11 is 0. The molecule has 0 saturated heterocycles. The molecule has 2 aromatic carbocycles. The summed E-state index contributed by atoms with van der Waals surface area (Å²) in [6, 6.07) is 14.4. The van der Waals surface area contributed by atoms with Crippen molar-refractivity contribution in [2.75, 3.05) is 13.7 Å². The third-order valence-electron chi connectivity index (χ3n) is 4.01. The summed E-state index contributed by atoms with van der Waals surface area (Å²) in [5, 5.41) is 11.3. The maximum absolute atomic E-state index is 11.3. The zero-order valence-corrected chi connectivity index (χ0v) is 15.1. The number of nitrogens with zero attached hydrogens (tertiary/aromatic N) is 3. The fraction of sp³-hybridized carbons (Fsp3) is 0.200. The van der Waals surface area contributed by atoms with Crippen molar-refractivity contribution in [3.63, 3.8) is 0 Å². The molecule has 1 aromatic heterocycles. The summed E-state index contributed by atoms with van der Waals surface area (Å²) in [5.74, 6) is 0.988. The van der Waals surface area contributed by atoms with Crippen LogP contribution in [0.1, 0.15) is 18.2 Å². The van der Waals surface area contributed by atoms with E-state index in [-0.39, 0.29) is 11.4 Å². The highest BCUT2D eigenvalue weighted by Crippen LogP contribution is 2.30. The Morgan fingerprint density at radius 1 is 1.07 bits per heavy atom. The molecule has 0 atom stereocenters. The topological polar surface area (TPSA) is 87.4 Å². The molecule has 0 N–H and O–H groups in total. The van der Waals surface area contributed by atoms with Crippen LogP contribution in [0.4, 0.5) is 5.69 Å². The monoisotopic (exact) mass is 365 g/mol. The van der Waals surface area contributed by atoms with E-state index in [1.54, 1.807) is 20.1 Å². The number of ether oxygens (including phenoxy) is 2. The third-order valence-corrected chi connectivity index (χ3v) is 4.01. The number of hydrogen-bond acceptors (Lipinski definition) is 6. The second-order valence-corrected chi connectivity index (χ2v) is 5.76. The van der Waals surface area contributed by atoms with Crippen LogP contribution in [0.5, 0.6) is 11.5 Å². The van der Waals surface area contributed by atoms with E-state index in [0.717, 1.165) is 28.3 Å². The van der Waals surface area contributed by atoms with Gasteiger partial charge in [0.1, 0.15) is 12.1 Å². The molecule has 0 fully saturated rings. The molecular weight excluding hydrogens is 346 g/mol. The number of para-hydroxylation sites is 1. The molecule has 0 spiro atoms. The van der Waals surface area contributed by atoms with Crippen LogP contribution in [0.3, 0.4) is 0 Å². The van der Waals surface area contributed by atoms with Crippen molar-refractivity contribution < 1.29 is 14.4 Å².